The summed E-state index contributed by atoms with van der Waals surface area (Å²) in [6.45, 7) is 13.3. The van der Waals surface area contributed by atoms with Crippen molar-refractivity contribution in [2.24, 2.45) is 11.8 Å². The van der Waals surface area contributed by atoms with E-state index in [0.29, 0.717) is 0 Å². The second-order valence-electron chi connectivity index (χ2n) is 7.90. The lowest BCUT2D eigenvalue weighted by Crippen LogP contribution is -2.49. The predicted octanol–water partition coefficient (Wildman–Crippen LogP) is 3.94. The molecule has 0 saturated carbocycles. The Morgan fingerprint density at radius 1 is 1.05 bits per heavy atom. The third-order valence-electron chi connectivity index (χ3n) is 5.46. The van der Waals surface area contributed by atoms with Crippen molar-refractivity contribution in [3.05, 3.63) is 35.4 Å². The fourth-order valence-electron chi connectivity index (χ4n) is 4.52. The number of hydrogen-bond acceptors (Lipinski definition) is 2. The summed E-state index contributed by atoms with van der Waals surface area (Å²) in [7, 11) is 0. The maximum absolute atomic E-state index is 2.79. The van der Waals surface area contributed by atoms with Crippen molar-refractivity contribution in [1.29, 1.82) is 0 Å². The smallest absolute Gasteiger partial charge is 0.0233 e. The Balaban J connectivity index is 1.50. The lowest BCUT2D eigenvalue weighted by atomic mass is 9.89. The fourth-order valence-corrected chi connectivity index (χ4v) is 4.52. The molecular weight excluding hydrogens is 268 g/mol. The van der Waals surface area contributed by atoms with Crippen LogP contribution in [0.3, 0.4) is 0 Å². The first-order valence-electron chi connectivity index (χ1n) is 9.12. The van der Waals surface area contributed by atoms with Crippen LogP contribution in [-0.4, -0.2) is 42.0 Å². The zero-order valence-corrected chi connectivity index (χ0v) is 14.6. The molecular formula is C20H32N2. The number of aryl methyl sites for hydroxylation is 1. The van der Waals surface area contributed by atoms with E-state index in [1.165, 1.54) is 56.6 Å². The number of piperidine rings is 2. The van der Waals surface area contributed by atoms with Gasteiger partial charge in [0.25, 0.3) is 0 Å². The second-order valence-corrected chi connectivity index (χ2v) is 7.90. The van der Waals surface area contributed by atoms with Crippen molar-refractivity contribution in [2.75, 3.05) is 26.2 Å². The summed E-state index contributed by atoms with van der Waals surface area (Å²) in [5, 5.41) is 0. The largest absolute Gasteiger partial charge is 0.300 e. The molecule has 0 spiro atoms. The highest BCUT2D eigenvalue weighted by Gasteiger charge is 2.29. The average Bonchev–Trinajstić information content (AvgIpc) is 2.47. The predicted molar refractivity (Wildman–Crippen MR) is 94.0 cm³/mol. The van der Waals surface area contributed by atoms with Crippen LogP contribution in [0.25, 0.3) is 0 Å². The maximum atomic E-state index is 2.79. The van der Waals surface area contributed by atoms with Crippen LogP contribution >= 0.6 is 0 Å². The lowest BCUT2D eigenvalue weighted by Gasteiger charge is -2.43. The van der Waals surface area contributed by atoms with Crippen molar-refractivity contribution in [3.63, 3.8) is 0 Å². The van der Waals surface area contributed by atoms with Crippen LogP contribution in [0.5, 0.6) is 0 Å². The van der Waals surface area contributed by atoms with Gasteiger partial charge in [-0.3, -0.25) is 9.80 Å². The number of rotatable bonds is 3. The van der Waals surface area contributed by atoms with Gasteiger partial charge >= 0.3 is 0 Å². The van der Waals surface area contributed by atoms with Crippen LogP contribution in [0, 0.1) is 18.8 Å². The van der Waals surface area contributed by atoms with E-state index in [9.17, 15) is 0 Å². The third-order valence-corrected chi connectivity index (χ3v) is 5.46. The van der Waals surface area contributed by atoms with Gasteiger partial charge in [0.15, 0.2) is 0 Å². The molecule has 2 saturated heterocycles. The molecule has 0 aromatic heterocycles. The summed E-state index contributed by atoms with van der Waals surface area (Å²) >= 11 is 0. The molecule has 2 aliphatic heterocycles. The van der Waals surface area contributed by atoms with Crippen LogP contribution in [0.4, 0.5) is 0 Å². The van der Waals surface area contributed by atoms with E-state index in [-0.39, 0.29) is 0 Å². The third kappa shape index (κ3) is 4.11. The molecule has 0 amide bonds. The van der Waals surface area contributed by atoms with E-state index in [2.05, 4.69) is 54.8 Å². The van der Waals surface area contributed by atoms with Gasteiger partial charge in [0.1, 0.15) is 0 Å². The van der Waals surface area contributed by atoms with Gasteiger partial charge in [0.05, 0.1) is 0 Å². The van der Waals surface area contributed by atoms with E-state index in [4.69, 9.17) is 0 Å². The van der Waals surface area contributed by atoms with Crippen molar-refractivity contribution < 1.29 is 0 Å². The van der Waals surface area contributed by atoms with Crippen molar-refractivity contribution >= 4 is 0 Å². The van der Waals surface area contributed by atoms with Gasteiger partial charge in [-0.25, -0.2) is 0 Å². The van der Waals surface area contributed by atoms with Crippen molar-refractivity contribution in [1.82, 2.24) is 9.80 Å². The van der Waals surface area contributed by atoms with Crippen molar-refractivity contribution in [2.45, 2.75) is 52.6 Å². The molecule has 3 rings (SSSR count). The Bertz CT molecular complexity index is 466. The molecule has 2 atom stereocenters. The minimum Gasteiger partial charge on any atom is -0.300 e. The molecule has 0 bridgehead atoms. The Morgan fingerprint density at radius 2 is 1.73 bits per heavy atom. The first kappa shape index (κ1) is 16.0. The van der Waals surface area contributed by atoms with Crippen LogP contribution in [0.1, 0.15) is 44.2 Å². The molecule has 1 aromatic rings. The summed E-state index contributed by atoms with van der Waals surface area (Å²) in [5.74, 6) is 1.77. The zero-order valence-electron chi connectivity index (χ0n) is 14.6. The topological polar surface area (TPSA) is 6.48 Å². The minimum absolute atomic E-state index is 0.832. The quantitative estimate of drug-likeness (QED) is 0.834. The highest BCUT2D eigenvalue weighted by molar-refractivity contribution is 5.22. The summed E-state index contributed by atoms with van der Waals surface area (Å²) in [5.41, 5.74) is 2.85. The van der Waals surface area contributed by atoms with E-state index in [0.717, 1.165) is 24.4 Å². The minimum atomic E-state index is 0.832. The van der Waals surface area contributed by atoms with E-state index in [1.807, 2.05) is 0 Å². The Labute approximate surface area is 136 Å². The molecule has 2 fully saturated rings. The summed E-state index contributed by atoms with van der Waals surface area (Å²) in [4.78, 5) is 5.44. The van der Waals surface area contributed by atoms with Crippen LogP contribution in [-0.2, 0) is 6.54 Å². The Morgan fingerprint density at radius 3 is 2.36 bits per heavy atom. The molecule has 2 nitrogen and oxygen atoms in total. The second kappa shape index (κ2) is 7.14. The summed E-state index contributed by atoms with van der Waals surface area (Å²) < 4.78 is 0. The van der Waals surface area contributed by atoms with Crippen LogP contribution in [0.2, 0.25) is 0 Å². The Kier molecular flexibility index (Phi) is 5.20. The van der Waals surface area contributed by atoms with Gasteiger partial charge in [-0.15, -0.1) is 0 Å². The molecule has 0 radical (unpaired) electrons. The molecule has 122 valence electrons. The monoisotopic (exact) mass is 300 g/mol. The standard InChI is InChI=1S/C20H32N2/c1-16-5-4-6-19(12-16)15-21-9-7-20(8-10-21)22-13-17(2)11-18(3)14-22/h4-6,12,17-18,20H,7-11,13-15H2,1-3H3/t17-,18-/m1/s1. The molecule has 0 aliphatic carbocycles. The maximum Gasteiger partial charge on any atom is 0.0233 e. The number of nitrogens with zero attached hydrogens (tertiary/aromatic N) is 2. The first-order chi connectivity index (χ1) is 10.6. The Hall–Kier alpha value is -0.860. The van der Waals surface area contributed by atoms with Crippen molar-refractivity contribution in [3.8, 4) is 0 Å². The van der Waals surface area contributed by atoms with Gasteiger partial charge in [-0.2, -0.15) is 0 Å². The van der Waals surface area contributed by atoms with E-state index >= 15 is 0 Å². The summed E-state index contributed by atoms with van der Waals surface area (Å²) in [6.07, 6.45) is 4.12. The highest BCUT2D eigenvalue weighted by atomic mass is 15.2. The molecule has 0 unspecified atom stereocenters. The van der Waals surface area contributed by atoms with Gasteiger partial charge in [-0.05, 0) is 56.7 Å². The normalized spacial score (nSPS) is 28.9. The molecule has 2 heterocycles. The average molecular weight is 300 g/mol. The van der Waals surface area contributed by atoms with Gasteiger partial charge in [-0.1, -0.05) is 43.7 Å². The van der Waals surface area contributed by atoms with Crippen LogP contribution in [0.15, 0.2) is 24.3 Å². The number of benzene rings is 1. The van der Waals surface area contributed by atoms with Crippen LogP contribution < -0.4 is 0 Å². The van der Waals surface area contributed by atoms with Gasteiger partial charge < -0.3 is 0 Å². The lowest BCUT2D eigenvalue weighted by molar-refractivity contribution is 0.0530. The summed E-state index contributed by atoms with van der Waals surface area (Å²) in [6, 6.07) is 9.81. The number of hydrogen-bond donors (Lipinski definition) is 0. The fraction of sp³-hybridized carbons (Fsp3) is 0.700. The number of likely N-dealkylation sites (tertiary alicyclic amines) is 2. The molecule has 2 heteroatoms. The first-order valence-corrected chi connectivity index (χ1v) is 9.12. The van der Waals surface area contributed by atoms with Gasteiger partial charge in [0.2, 0.25) is 0 Å². The SMILES string of the molecule is Cc1cccc(CN2CCC(N3C[C@H](C)C[C@@H](C)C3)CC2)c1. The zero-order chi connectivity index (χ0) is 15.5. The van der Waals surface area contributed by atoms with E-state index < -0.39 is 0 Å². The molecule has 22 heavy (non-hydrogen) atoms. The molecule has 0 N–H and O–H groups in total. The van der Waals surface area contributed by atoms with Gasteiger partial charge in [0, 0.05) is 25.7 Å². The van der Waals surface area contributed by atoms with E-state index in [1.54, 1.807) is 0 Å². The highest BCUT2D eigenvalue weighted by Crippen LogP contribution is 2.27. The molecule has 1 aromatic carbocycles. The molecule has 2 aliphatic rings.